The zero-order chi connectivity index (χ0) is 14.4. The third-order valence-electron chi connectivity index (χ3n) is 2.86. The Labute approximate surface area is 120 Å². The van der Waals surface area contributed by atoms with Crippen LogP contribution in [0.25, 0.3) is 11.0 Å². The Hall–Kier alpha value is -1.28. The maximum Gasteiger partial charge on any atom is 0.523 e. The van der Waals surface area contributed by atoms with Gasteiger partial charge in [0.05, 0.1) is 5.52 Å². The third-order valence-corrected chi connectivity index (χ3v) is 5.73. The van der Waals surface area contributed by atoms with Gasteiger partial charge in [-0.05, 0) is 32.9 Å². The lowest BCUT2D eigenvalue weighted by molar-refractivity contribution is 0.0641. The molecule has 2 rings (SSSR count). The number of nitrogens with zero attached hydrogens (tertiary/aromatic N) is 3. The highest BCUT2D eigenvalue weighted by molar-refractivity contribution is 6.59. The molecule has 0 aliphatic heterocycles. The molecule has 1 aromatic carbocycles. The molecular formula is C13H21N3O3Si. The summed E-state index contributed by atoms with van der Waals surface area (Å²) < 4.78 is 19.3. The SMILES string of the molecule is CCO[Si](Cn1nnc2ccccc21)(OCC)OCC. The second-order valence-corrected chi connectivity index (χ2v) is 6.77. The Morgan fingerprint density at radius 1 is 1.00 bits per heavy atom. The van der Waals surface area contributed by atoms with E-state index < -0.39 is 8.80 Å². The lowest BCUT2D eigenvalue weighted by atomic mass is 10.3. The van der Waals surface area contributed by atoms with Crippen LogP contribution in [0.2, 0.25) is 0 Å². The maximum atomic E-state index is 5.84. The second kappa shape index (κ2) is 6.94. The van der Waals surface area contributed by atoms with E-state index in [-0.39, 0.29) is 0 Å². The zero-order valence-corrected chi connectivity index (χ0v) is 13.2. The van der Waals surface area contributed by atoms with Gasteiger partial charge in [-0.3, -0.25) is 0 Å². The van der Waals surface area contributed by atoms with Crippen LogP contribution in [0.15, 0.2) is 24.3 Å². The molecule has 0 N–H and O–H groups in total. The Bertz CT molecular complexity index is 529. The molecule has 0 unspecified atom stereocenters. The van der Waals surface area contributed by atoms with Crippen LogP contribution >= 0.6 is 0 Å². The summed E-state index contributed by atoms with van der Waals surface area (Å²) in [6.07, 6.45) is 0.475. The van der Waals surface area contributed by atoms with Crippen LogP contribution in [-0.4, -0.2) is 43.6 Å². The van der Waals surface area contributed by atoms with Crippen molar-refractivity contribution in [3.63, 3.8) is 0 Å². The first-order valence-electron chi connectivity index (χ1n) is 6.94. The average Bonchev–Trinajstić information content (AvgIpc) is 2.83. The first kappa shape index (κ1) is 15.1. The molecule has 0 atom stereocenters. The quantitative estimate of drug-likeness (QED) is 0.697. The van der Waals surface area contributed by atoms with Crippen molar-refractivity contribution >= 4 is 19.8 Å². The van der Waals surface area contributed by atoms with Crippen LogP contribution in [0.3, 0.4) is 0 Å². The molecule has 0 aliphatic rings. The lowest BCUT2D eigenvalue weighted by Gasteiger charge is -2.28. The van der Waals surface area contributed by atoms with E-state index in [1.54, 1.807) is 0 Å². The summed E-state index contributed by atoms with van der Waals surface area (Å²) in [4.78, 5) is 0. The molecule has 2 aromatic rings. The smallest absolute Gasteiger partial charge is 0.373 e. The van der Waals surface area contributed by atoms with Crippen molar-refractivity contribution in [2.24, 2.45) is 0 Å². The highest BCUT2D eigenvalue weighted by Crippen LogP contribution is 2.17. The van der Waals surface area contributed by atoms with Crippen molar-refractivity contribution in [1.82, 2.24) is 15.0 Å². The van der Waals surface area contributed by atoms with E-state index in [0.29, 0.717) is 26.0 Å². The number of fused-ring (bicyclic) bond motifs is 1. The summed E-state index contributed by atoms with van der Waals surface area (Å²) in [5.41, 5.74) is 1.82. The molecule has 1 aromatic heterocycles. The molecule has 0 radical (unpaired) electrons. The lowest BCUT2D eigenvalue weighted by Crippen LogP contribution is -2.50. The molecule has 110 valence electrons. The average molecular weight is 295 g/mol. The minimum Gasteiger partial charge on any atom is -0.373 e. The number of rotatable bonds is 8. The van der Waals surface area contributed by atoms with Gasteiger partial charge >= 0.3 is 8.80 Å². The summed E-state index contributed by atoms with van der Waals surface area (Å²) in [5.74, 6) is 0. The predicted octanol–water partition coefficient (Wildman–Crippen LogP) is 2.02. The zero-order valence-electron chi connectivity index (χ0n) is 12.2. The molecule has 6 nitrogen and oxygen atoms in total. The van der Waals surface area contributed by atoms with Gasteiger partial charge in [-0.25, -0.2) is 4.68 Å². The van der Waals surface area contributed by atoms with Crippen molar-refractivity contribution in [3.8, 4) is 0 Å². The van der Waals surface area contributed by atoms with Crippen LogP contribution in [-0.2, 0) is 19.4 Å². The topological polar surface area (TPSA) is 58.4 Å². The van der Waals surface area contributed by atoms with E-state index in [1.807, 2.05) is 49.7 Å². The Morgan fingerprint density at radius 3 is 2.20 bits per heavy atom. The van der Waals surface area contributed by atoms with Gasteiger partial charge in [0, 0.05) is 19.8 Å². The van der Waals surface area contributed by atoms with Gasteiger partial charge in [0.25, 0.3) is 0 Å². The predicted molar refractivity (Wildman–Crippen MR) is 78.2 cm³/mol. The van der Waals surface area contributed by atoms with Crippen molar-refractivity contribution in [2.45, 2.75) is 26.9 Å². The van der Waals surface area contributed by atoms with E-state index in [9.17, 15) is 0 Å². The highest BCUT2D eigenvalue weighted by atomic mass is 28.4. The van der Waals surface area contributed by atoms with Gasteiger partial charge in [0.15, 0.2) is 0 Å². The van der Waals surface area contributed by atoms with E-state index in [1.165, 1.54) is 0 Å². The molecule has 0 aliphatic carbocycles. The summed E-state index contributed by atoms with van der Waals surface area (Å²) in [5, 5.41) is 8.34. The summed E-state index contributed by atoms with van der Waals surface area (Å²) >= 11 is 0. The van der Waals surface area contributed by atoms with Gasteiger partial charge in [0.2, 0.25) is 0 Å². The molecule has 0 saturated heterocycles. The van der Waals surface area contributed by atoms with Crippen molar-refractivity contribution in [2.75, 3.05) is 19.8 Å². The standard InChI is InChI=1S/C13H21N3O3Si/c1-4-17-20(18-5-2,19-6-3)11-16-13-10-8-7-9-12(13)14-15-16/h7-10H,4-6,11H2,1-3H3. The van der Waals surface area contributed by atoms with E-state index in [0.717, 1.165) is 11.0 Å². The Balaban J connectivity index is 2.30. The fraction of sp³-hybridized carbons (Fsp3) is 0.538. The first-order chi connectivity index (χ1) is 9.74. The van der Waals surface area contributed by atoms with Crippen molar-refractivity contribution < 1.29 is 13.3 Å². The maximum absolute atomic E-state index is 5.84. The minimum atomic E-state index is -2.76. The van der Waals surface area contributed by atoms with Crippen LogP contribution in [0.5, 0.6) is 0 Å². The number of aromatic nitrogens is 3. The van der Waals surface area contributed by atoms with E-state index in [2.05, 4.69) is 10.3 Å². The first-order valence-corrected chi connectivity index (χ1v) is 8.88. The van der Waals surface area contributed by atoms with Crippen molar-refractivity contribution in [3.05, 3.63) is 24.3 Å². The van der Waals surface area contributed by atoms with Crippen LogP contribution in [0.4, 0.5) is 0 Å². The number of hydrogen-bond acceptors (Lipinski definition) is 5. The van der Waals surface area contributed by atoms with Gasteiger partial charge in [-0.15, -0.1) is 5.10 Å². The minimum absolute atomic E-state index is 0.475. The fourth-order valence-electron chi connectivity index (χ4n) is 2.14. The molecule has 0 bridgehead atoms. The monoisotopic (exact) mass is 295 g/mol. The van der Waals surface area contributed by atoms with Gasteiger partial charge in [0.1, 0.15) is 11.7 Å². The molecular weight excluding hydrogens is 274 g/mol. The molecule has 0 amide bonds. The molecule has 7 heteroatoms. The number of hydrogen-bond donors (Lipinski definition) is 0. The third kappa shape index (κ3) is 3.24. The largest absolute Gasteiger partial charge is 0.523 e. The molecule has 1 heterocycles. The van der Waals surface area contributed by atoms with Crippen LogP contribution in [0, 0.1) is 0 Å². The van der Waals surface area contributed by atoms with Crippen LogP contribution in [0.1, 0.15) is 20.8 Å². The van der Waals surface area contributed by atoms with E-state index in [4.69, 9.17) is 13.3 Å². The Morgan fingerprint density at radius 2 is 1.60 bits per heavy atom. The summed E-state index contributed by atoms with van der Waals surface area (Å²) in [7, 11) is -2.76. The van der Waals surface area contributed by atoms with Gasteiger partial charge in [-0.1, -0.05) is 17.3 Å². The van der Waals surface area contributed by atoms with Gasteiger partial charge in [-0.2, -0.15) is 0 Å². The van der Waals surface area contributed by atoms with Crippen molar-refractivity contribution in [1.29, 1.82) is 0 Å². The summed E-state index contributed by atoms with van der Waals surface area (Å²) in [6, 6.07) is 7.83. The highest BCUT2D eigenvalue weighted by Gasteiger charge is 2.42. The normalized spacial score (nSPS) is 12.2. The molecule has 20 heavy (non-hydrogen) atoms. The molecule has 0 spiro atoms. The summed E-state index contributed by atoms with van der Waals surface area (Å²) in [6.45, 7) is 7.49. The number of benzene rings is 1. The van der Waals surface area contributed by atoms with Crippen LogP contribution < -0.4 is 0 Å². The van der Waals surface area contributed by atoms with E-state index >= 15 is 0 Å². The fourth-order valence-corrected chi connectivity index (χ4v) is 4.58. The number of para-hydroxylation sites is 1. The Kier molecular flexibility index (Phi) is 5.24. The van der Waals surface area contributed by atoms with Gasteiger partial charge < -0.3 is 13.3 Å². The molecule has 0 saturated carbocycles. The second-order valence-electron chi connectivity index (χ2n) is 4.22. The molecule has 0 fully saturated rings.